The molecule has 1 saturated heterocycles. The smallest absolute Gasteiger partial charge is 0.0576 e. The van der Waals surface area contributed by atoms with Gasteiger partial charge in [0.1, 0.15) is 0 Å². The van der Waals surface area contributed by atoms with Crippen molar-refractivity contribution >= 4 is 0 Å². The van der Waals surface area contributed by atoms with Crippen LogP contribution in [0.1, 0.15) is 58.3 Å². The fourth-order valence-electron chi connectivity index (χ4n) is 3.54. The van der Waals surface area contributed by atoms with Gasteiger partial charge in [-0.1, -0.05) is 19.8 Å². The highest BCUT2D eigenvalue weighted by molar-refractivity contribution is 4.81. The normalized spacial score (nSPS) is 36.0. The van der Waals surface area contributed by atoms with Crippen molar-refractivity contribution < 1.29 is 4.74 Å². The Morgan fingerprint density at radius 3 is 2.53 bits per heavy atom. The summed E-state index contributed by atoms with van der Waals surface area (Å²) in [6, 6.07) is 0.728. The van der Waals surface area contributed by atoms with E-state index >= 15 is 0 Å². The Balaban J connectivity index is 1.71. The van der Waals surface area contributed by atoms with Crippen LogP contribution < -0.4 is 5.32 Å². The van der Waals surface area contributed by atoms with Crippen LogP contribution in [0.4, 0.5) is 0 Å². The monoisotopic (exact) mass is 239 g/mol. The zero-order valence-electron chi connectivity index (χ0n) is 11.6. The lowest BCUT2D eigenvalue weighted by Crippen LogP contribution is -2.36. The van der Waals surface area contributed by atoms with Crippen molar-refractivity contribution in [3.63, 3.8) is 0 Å². The lowest BCUT2D eigenvalue weighted by atomic mass is 9.78. The van der Waals surface area contributed by atoms with Crippen molar-refractivity contribution in [1.29, 1.82) is 0 Å². The van der Waals surface area contributed by atoms with Gasteiger partial charge < -0.3 is 10.1 Å². The van der Waals surface area contributed by atoms with E-state index in [-0.39, 0.29) is 0 Å². The van der Waals surface area contributed by atoms with E-state index in [0.717, 1.165) is 24.5 Å². The molecule has 0 bridgehead atoms. The van der Waals surface area contributed by atoms with E-state index in [1.54, 1.807) is 0 Å². The maximum absolute atomic E-state index is 5.72. The summed E-state index contributed by atoms with van der Waals surface area (Å²) in [6.07, 6.45) is 11.4. The second-order valence-corrected chi connectivity index (χ2v) is 6.13. The molecule has 0 aromatic rings. The molecule has 2 unspecified atom stereocenters. The average molecular weight is 239 g/mol. The second kappa shape index (κ2) is 6.75. The van der Waals surface area contributed by atoms with Gasteiger partial charge in [-0.2, -0.15) is 0 Å². The Morgan fingerprint density at radius 1 is 1.18 bits per heavy atom. The van der Waals surface area contributed by atoms with Crippen LogP contribution >= 0.6 is 0 Å². The van der Waals surface area contributed by atoms with E-state index in [4.69, 9.17) is 4.74 Å². The van der Waals surface area contributed by atoms with Gasteiger partial charge in [-0.15, -0.1) is 0 Å². The Labute approximate surface area is 107 Å². The number of hydrogen-bond donors (Lipinski definition) is 1. The fraction of sp³-hybridized carbons (Fsp3) is 1.00. The van der Waals surface area contributed by atoms with Crippen molar-refractivity contribution in [3.05, 3.63) is 0 Å². The van der Waals surface area contributed by atoms with Crippen molar-refractivity contribution in [3.8, 4) is 0 Å². The second-order valence-electron chi connectivity index (χ2n) is 6.13. The Morgan fingerprint density at radius 2 is 1.94 bits per heavy atom. The van der Waals surface area contributed by atoms with Crippen LogP contribution in [-0.2, 0) is 4.74 Å². The minimum Gasteiger partial charge on any atom is -0.378 e. The Bertz CT molecular complexity index is 205. The van der Waals surface area contributed by atoms with Crippen LogP contribution in [0.5, 0.6) is 0 Å². The molecule has 0 spiro atoms. The van der Waals surface area contributed by atoms with Crippen LogP contribution in [-0.4, -0.2) is 25.8 Å². The predicted molar refractivity (Wildman–Crippen MR) is 72.2 cm³/mol. The molecule has 0 amide bonds. The van der Waals surface area contributed by atoms with Gasteiger partial charge in [0, 0.05) is 12.6 Å². The number of hydrogen-bond acceptors (Lipinski definition) is 2. The molecule has 2 atom stereocenters. The predicted octanol–water partition coefficient (Wildman–Crippen LogP) is 3.36. The summed E-state index contributed by atoms with van der Waals surface area (Å²) in [7, 11) is 2.14. The molecular weight excluding hydrogens is 210 g/mol. The molecule has 2 aliphatic rings. The third-order valence-corrected chi connectivity index (χ3v) is 4.82. The number of ether oxygens (including phenoxy) is 1. The summed E-state index contributed by atoms with van der Waals surface area (Å²) in [5.41, 5.74) is 0. The summed E-state index contributed by atoms with van der Waals surface area (Å²) in [5, 5.41) is 3.56. The van der Waals surface area contributed by atoms with Gasteiger partial charge in [0.05, 0.1) is 6.10 Å². The maximum Gasteiger partial charge on any atom is 0.0576 e. The minimum atomic E-state index is 0.563. The molecule has 2 nitrogen and oxygen atoms in total. The quantitative estimate of drug-likeness (QED) is 0.794. The summed E-state index contributed by atoms with van der Waals surface area (Å²) in [6.45, 7) is 3.40. The molecule has 1 aliphatic carbocycles. The van der Waals surface area contributed by atoms with E-state index in [2.05, 4.69) is 19.3 Å². The van der Waals surface area contributed by atoms with Gasteiger partial charge in [-0.05, 0) is 57.4 Å². The molecular formula is C15H29NO. The molecule has 1 N–H and O–H groups in total. The Hall–Kier alpha value is -0.0800. The van der Waals surface area contributed by atoms with Gasteiger partial charge in [0.25, 0.3) is 0 Å². The number of nitrogens with one attached hydrogen (secondary N) is 1. The maximum atomic E-state index is 5.72. The van der Waals surface area contributed by atoms with Gasteiger partial charge >= 0.3 is 0 Å². The minimum absolute atomic E-state index is 0.563. The molecule has 2 heteroatoms. The molecule has 2 rings (SSSR count). The highest BCUT2D eigenvalue weighted by Gasteiger charge is 2.26. The van der Waals surface area contributed by atoms with Gasteiger partial charge in [0.15, 0.2) is 0 Å². The van der Waals surface area contributed by atoms with E-state index < -0.39 is 0 Å². The van der Waals surface area contributed by atoms with E-state index in [0.29, 0.717) is 6.10 Å². The molecule has 1 aliphatic heterocycles. The summed E-state index contributed by atoms with van der Waals surface area (Å²) in [4.78, 5) is 0. The van der Waals surface area contributed by atoms with E-state index in [9.17, 15) is 0 Å². The molecule has 0 aromatic heterocycles. The average Bonchev–Trinajstić information content (AvgIpc) is 2.85. The number of rotatable bonds is 5. The lowest BCUT2D eigenvalue weighted by molar-refractivity contribution is 0.0952. The van der Waals surface area contributed by atoms with Gasteiger partial charge in [-0.3, -0.25) is 0 Å². The van der Waals surface area contributed by atoms with Crippen LogP contribution in [0.3, 0.4) is 0 Å². The van der Waals surface area contributed by atoms with Crippen molar-refractivity contribution in [2.45, 2.75) is 70.4 Å². The third-order valence-electron chi connectivity index (χ3n) is 4.82. The van der Waals surface area contributed by atoms with E-state index in [1.165, 1.54) is 51.4 Å². The molecule has 100 valence electrons. The topological polar surface area (TPSA) is 21.3 Å². The SMILES string of the molecule is CNC(CCC1CCCO1)C1CCC(C)CC1. The molecule has 0 aromatic carbocycles. The molecule has 17 heavy (non-hydrogen) atoms. The first-order chi connectivity index (χ1) is 8.29. The Kier molecular flexibility index (Phi) is 5.30. The van der Waals surface area contributed by atoms with Crippen LogP contribution in [0, 0.1) is 11.8 Å². The van der Waals surface area contributed by atoms with Crippen molar-refractivity contribution in [2.75, 3.05) is 13.7 Å². The van der Waals surface area contributed by atoms with E-state index in [1.807, 2.05) is 0 Å². The van der Waals surface area contributed by atoms with Gasteiger partial charge in [0.2, 0.25) is 0 Å². The summed E-state index contributed by atoms with van der Waals surface area (Å²) in [5.74, 6) is 1.87. The summed E-state index contributed by atoms with van der Waals surface area (Å²) >= 11 is 0. The highest BCUT2D eigenvalue weighted by atomic mass is 16.5. The van der Waals surface area contributed by atoms with Crippen molar-refractivity contribution in [1.82, 2.24) is 5.32 Å². The first-order valence-corrected chi connectivity index (χ1v) is 7.58. The van der Waals surface area contributed by atoms with Crippen LogP contribution in [0.25, 0.3) is 0 Å². The van der Waals surface area contributed by atoms with Crippen molar-refractivity contribution in [2.24, 2.45) is 11.8 Å². The summed E-state index contributed by atoms with van der Waals surface area (Å²) < 4.78 is 5.72. The molecule has 1 saturated carbocycles. The largest absolute Gasteiger partial charge is 0.378 e. The molecule has 1 heterocycles. The highest BCUT2D eigenvalue weighted by Crippen LogP contribution is 2.32. The first-order valence-electron chi connectivity index (χ1n) is 7.58. The fourth-order valence-corrected chi connectivity index (χ4v) is 3.54. The zero-order valence-corrected chi connectivity index (χ0v) is 11.6. The van der Waals surface area contributed by atoms with Gasteiger partial charge in [-0.25, -0.2) is 0 Å². The molecule has 2 fully saturated rings. The third kappa shape index (κ3) is 3.96. The molecule has 0 radical (unpaired) electrons. The van der Waals surface area contributed by atoms with Crippen LogP contribution in [0.2, 0.25) is 0 Å². The first kappa shape index (κ1) is 13.4. The zero-order chi connectivity index (χ0) is 12.1. The lowest BCUT2D eigenvalue weighted by Gasteiger charge is -2.33. The van der Waals surface area contributed by atoms with Crippen LogP contribution in [0.15, 0.2) is 0 Å². The standard InChI is InChI=1S/C15H29NO/c1-12-5-7-13(8-6-12)15(16-2)10-9-14-4-3-11-17-14/h12-16H,3-11H2,1-2H3.